The lowest BCUT2D eigenvalue weighted by molar-refractivity contribution is 0.0225. The van der Waals surface area contributed by atoms with Crippen LogP contribution in [0, 0.1) is 18.7 Å². The van der Waals surface area contributed by atoms with Gasteiger partial charge in [0.05, 0.1) is 30.1 Å². The molecule has 0 spiro atoms. The van der Waals surface area contributed by atoms with Crippen LogP contribution in [-0.4, -0.2) is 17.1 Å². The number of pyridine rings is 1. The van der Waals surface area contributed by atoms with Gasteiger partial charge in [-0.25, -0.2) is 9.87 Å². The van der Waals surface area contributed by atoms with Crippen LogP contribution in [0.5, 0.6) is 0 Å². The maximum Gasteiger partial charge on any atom is 0.278 e. The van der Waals surface area contributed by atoms with Crippen LogP contribution in [-0.2, 0) is 11.4 Å². The van der Waals surface area contributed by atoms with Gasteiger partial charge in [0.25, 0.3) is 11.5 Å². The maximum absolute atomic E-state index is 14.5. The topological polar surface area (TPSA) is 72.4 Å². The molecule has 0 unspecified atom stereocenters. The van der Waals surface area contributed by atoms with Crippen molar-refractivity contribution in [3.8, 4) is 0 Å². The zero-order chi connectivity index (χ0) is 24.1. The summed E-state index contributed by atoms with van der Waals surface area (Å²) in [6.45, 7) is 2.34. The van der Waals surface area contributed by atoms with Crippen LogP contribution in [0.4, 0.5) is 15.8 Å². The lowest BCUT2D eigenvalue weighted by Gasteiger charge is -2.24. The molecule has 1 aromatic heterocycles. The summed E-state index contributed by atoms with van der Waals surface area (Å²) in [4.78, 5) is 31.7. The van der Waals surface area contributed by atoms with E-state index in [1.54, 1.807) is 19.1 Å². The second-order valence-electron chi connectivity index (χ2n) is 8.58. The van der Waals surface area contributed by atoms with Crippen molar-refractivity contribution < 1.29 is 14.0 Å². The fourth-order valence-electron chi connectivity index (χ4n) is 3.94. The van der Waals surface area contributed by atoms with Crippen molar-refractivity contribution in [3.63, 3.8) is 0 Å². The first-order valence-corrected chi connectivity index (χ1v) is 12.1. The van der Waals surface area contributed by atoms with E-state index in [-0.39, 0.29) is 22.5 Å². The van der Waals surface area contributed by atoms with Gasteiger partial charge in [-0.05, 0) is 43.0 Å². The molecule has 1 aliphatic carbocycles. The molecular formula is C26H27BrFN3O3. The summed E-state index contributed by atoms with van der Waals surface area (Å²) in [7, 11) is 0. The van der Waals surface area contributed by atoms with E-state index >= 15 is 0 Å². The molecule has 0 aliphatic heterocycles. The van der Waals surface area contributed by atoms with Crippen LogP contribution < -0.4 is 16.4 Å². The molecule has 0 saturated heterocycles. The largest absolute Gasteiger partial charge is 0.352 e. The third-order valence-corrected chi connectivity index (χ3v) is 6.65. The first-order chi connectivity index (χ1) is 16.4. The summed E-state index contributed by atoms with van der Waals surface area (Å²) in [5.74, 6) is -0.353. The Morgan fingerprint density at radius 3 is 2.65 bits per heavy atom. The zero-order valence-electron chi connectivity index (χ0n) is 18.9. The summed E-state index contributed by atoms with van der Waals surface area (Å²) in [6.07, 6.45) is 6.04. The Balaban J connectivity index is 1.63. The molecule has 4 rings (SSSR count). The maximum atomic E-state index is 14.5. The molecule has 0 bridgehead atoms. The van der Waals surface area contributed by atoms with E-state index < -0.39 is 11.7 Å². The molecule has 2 aromatic carbocycles. The number of hydrogen-bond acceptors (Lipinski definition) is 4. The fourth-order valence-corrected chi connectivity index (χ4v) is 4.27. The Hall–Kier alpha value is -2.97. The number of aromatic nitrogens is 1. The van der Waals surface area contributed by atoms with Crippen LogP contribution in [0.25, 0.3) is 0 Å². The van der Waals surface area contributed by atoms with Gasteiger partial charge >= 0.3 is 0 Å². The molecule has 8 heteroatoms. The second-order valence-corrected chi connectivity index (χ2v) is 9.49. The molecule has 1 aliphatic rings. The van der Waals surface area contributed by atoms with Gasteiger partial charge in [0.2, 0.25) is 0 Å². The summed E-state index contributed by atoms with van der Waals surface area (Å²) < 4.78 is 16.6. The van der Waals surface area contributed by atoms with Gasteiger partial charge in [0, 0.05) is 16.2 Å². The lowest BCUT2D eigenvalue weighted by atomic mass is 9.83. The Kier molecular flexibility index (Phi) is 7.80. The smallest absolute Gasteiger partial charge is 0.278 e. The van der Waals surface area contributed by atoms with Crippen molar-refractivity contribution in [1.82, 2.24) is 10.0 Å². The number of anilines is 2. The molecule has 34 heavy (non-hydrogen) atoms. The predicted octanol–water partition coefficient (Wildman–Crippen LogP) is 5.70. The van der Waals surface area contributed by atoms with E-state index in [1.165, 1.54) is 36.1 Å². The predicted molar refractivity (Wildman–Crippen MR) is 134 cm³/mol. The summed E-state index contributed by atoms with van der Waals surface area (Å²) in [5, 5.41) is 2.95. The van der Waals surface area contributed by atoms with E-state index in [4.69, 9.17) is 4.84 Å². The molecule has 1 saturated carbocycles. The van der Waals surface area contributed by atoms with E-state index in [1.807, 2.05) is 30.3 Å². The molecule has 0 atom stereocenters. The summed E-state index contributed by atoms with van der Waals surface area (Å²) in [6, 6.07) is 14.1. The Bertz CT molecular complexity index is 1230. The highest BCUT2D eigenvalue weighted by molar-refractivity contribution is 9.10. The quantitative estimate of drug-likeness (QED) is 0.276. The van der Waals surface area contributed by atoms with Crippen molar-refractivity contribution in [3.05, 3.63) is 92.1 Å². The number of hydroxylamine groups is 1. The minimum Gasteiger partial charge on any atom is -0.352 e. The van der Waals surface area contributed by atoms with Gasteiger partial charge < -0.3 is 9.88 Å². The standard InChI is InChI=1S/C26H27BrFN3O3/c1-17-24(29-23-11-10-20(27)14-22(23)28)21(25(32)30-34-13-12-18-8-5-9-18)16-31(26(17)33)15-19-6-3-2-4-7-19/h2-4,6-7,10-11,14,16,18,29H,5,8-9,12-13,15H2,1H3,(H,30,32). The molecule has 0 radical (unpaired) electrons. The molecule has 178 valence electrons. The highest BCUT2D eigenvalue weighted by Gasteiger charge is 2.21. The number of benzene rings is 2. The van der Waals surface area contributed by atoms with Crippen molar-refractivity contribution in [2.75, 3.05) is 11.9 Å². The monoisotopic (exact) mass is 527 g/mol. The van der Waals surface area contributed by atoms with Gasteiger partial charge in [-0.2, -0.15) is 0 Å². The lowest BCUT2D eigenvalue weighted by Crippen LogP contribution is -2.31. The number of halogens is 2. The Morgan fingerprint density at radius 1 is 1.21 bits per heavy atom. The molecule has 1 fully saturated rings. The normalized spacial score (nSPS) is 13.4. The molecule has 3 aromatic rings. The van der Waals surface area contributed by atoms with Crippen LogP contribution in [0.3, 0.4) is 0 Å². The summed E-state index contributed by atoms with van der Waals surface area (Å²) in [5.41, 5.74) is 4.05. The van der Waals surface area contributed by atoms with E-state index in [0.717, 1.165) is 12.0 Å². The third-order valence-electron chi connectivity index (χ3n) is 6.16. The van der Waals surface area contributed by atoms with Gasteiger partial charge in [-0.1, -0.05) is 65.5 Å². The second kappa shape index (κ2) is 11.0. The average molecular weight is 528 g/mol. The van der Waals surface area contributed by atoms with Crippen LogP contribution >= 0.6 is 15.9 Å². The molecule has 2 N–H and O–H groups in total. The average Bonchev–Trinajstić information content (AvgIpc) is 2.79. The molecular weight excluding hydrogens is 501 g/mol. The third kappa shape index (κ3) is 5.74. The number of rotatable bonds is 9. The van der Waals surface area contributed by atoms with Crippen molar-refractivity contribution >= 4 is 33.2 Å². The summed E-state index contributed by atoms with van der Waals surface area (Å²) >= 11 is 3.24. The minimum absolute atomic E-state index is 0.159. The fraction of sp³-hybridized carbons (Fsp3) is 0.308. The van der Waals surface area contributed by atoms with Crippen molar-refractivity contribution in [1.29, 1.82) is 0 Å². The minimum atomic E-state index is -0.509. The van der Waals surface area contributed by atoms with Gasteiger partial charge in [0.1, 0.15) is 5.82 Å². The molecule has 6 nitrogen and oxygen atoms in total. The zero-order valence-corrected chi connectivity index (χ0v) is 20.5. The number of amides is 1. The van der Waals surface area contributed by atoms with Crippen LogP contribution in [0.1, 0.15) is 47.2 Å². The molecule has 1 heterocycles. The first-order valence-electron chi connectivity index (χ1n) is 11.3. The number of carbonyl (C=O) groups is 1. The van der Waals surface area contributed by atoms with Gasteiger partial charge in [-0.3, -0.25) is 14.4 Å². The number of nitrogens with one attached hydrogen (secondary N) is 2. The van der Waals surface area contributed by atoms with Crippen molar-refractivity contribution in [2.24, 2.45) is 5.92 Å². The highest BCUT2D eigenvalue weighted by atomic mass is 79.9. The number of nitrogens with zero attached hydrogens (tertiary/aromatic N) is 1. The van der Waals surface area contributed by atoms with Crippen LogP contribution in [0.2, 0.25) is 0 Å². The van der Waals surface area contributed by atoms with Crippen LogP contribution in [0.15, 0.2) is 64.0 Å². The van der Waals surface area contributed by atoms with E-state index in [9.17, 15) is 14.0 Å². The molecule has 1 amide bonds. The Morgan fingerprint density at radius 2 is 1.97 bits per heavy atom. The first kappa shape index (κ1) is 24.2. The van der Waals surface area contributed by atoms with E-state index in [2.05, 4.69) is 26.7 Å². The van der Waals surface area contributed by atoms with Gasteiger partial charge in [0.15, 0.2) is 0 Å². The van der Waals surface area contributed by atoms with Crippen molar-refractivity contribution in [2.45, 2.75) is 39.2 Å². The SMILES string of the molecule is Cc1c(Nc2ccc(Br)cc2F)c(C(=O)NOCCC2CCC2)cn(Cc2ccccc2)c1=O. The van der Waals surface area contributed by atoms with Gasteiger partial charge in [-0.15, -0.1) is 0 Å². The number of carbonyl (C=O) groups excluding carboxylic acids is 1. The van der Waals surface area contributed by atoms with E-state index in [0.29, 0.717) is 29.1 Å². The Labute approximate surface area is 206 Å². The number of hydrogen-bond donors (Lipinski definition) is 2. The highest BCUT2D eigenvalue weighted by Crippen LogP contribution is 2.29.